The van der Waals surface area contributed by atoms with Gasteiger partial charge in [0, 0.05) is 6.54 Å². The van der Waals surface area contributed by atoms with Gasteiger partial charge >= 0.3 is 0 Å². The maximum Gasteiger partial charge on any atom is 0.255 e. The Morgan fingerprint density at radius 1 is 1.11 bits per heavy atom. The van der Waals surface area contributed by atoms with Crippen LogP contribution in [-0.4, -0.2) is 86.9 Å². The van der Waals surface area contributed by atoms with Gasteiger partial charge in [-0.05, 0) is 87.3 Å². The SMILES string of the molecule is CN(C)[C@@H]1C(=O)C(C(N)=O)=C(O)[C@@]2(C#N)C(=O)C3=C(O)c4c(O)ccc(-c5cccc(CN6CCCC6)c5)c4C[C@@]3(N)C[C@@]12N. The molecule has 0 aromatic heterocycles. The number of benzene rings is 2. The Morgan fingerprint density at radius 2 is 1.80 bits per heavy atom. The summed E-state index contributed by atoms with van der Waals surface area (Å²) in [6, 6.07) is 11.4. The Kier molecular flexibility index (Phi) is 6.94. The molecule has 1 saturated heterocycles. The third kappa shape index (κ3) is 4.08. The summed E-state index contributed by atoms with van der Waals surface area (Å²) in [6.07, 6.45) is 1.79. The lowest BCUT2D eigenvalue weighted by molar-refractivity contribution is -0.139. The molecule has 12 heteroatoms. The van der Waals surface area contributed by atoms with Crippen molar-refractivity contribution in [2.45, 2.75) is 49.3 Å². The summed E-state index contributed by atoms with van der Waals surface area (Å²) in [5, 5.41) is 44.7. The number of aromatic hydroxyl groups is 1. The van der Waals surface area contributed by atoms with Crippen LogP contribution in [0.25, 0.3) is 16.9 Å². The number of hydrogen-bond donors (Lipinski definition) is 6. The van der Waals surface area contributed by atoms with Crippen molar-refractivity contribution >= 4 is 23.2 Å². The summed E-state index contributed by atoms with van der Waals surface area (Å²) in [5.74, 6) is -5.61. The van der Waals surface area contributed by atoms with Crippen molar-refractivity contribution in [3.63, 3.8) is 0 Å². The van der Waals surface area contributed by atoms with Gasteiger partial charge in [-0.25, -0.2) is 0 Å². The Labute approximate surface area is 260 Å². The number of phenols is 1. The molecule has 1 amide bonds. The van der Waals surface area contributed by atoms with Crippen molar-refractivity contribution in [3.05, 3.63) is 70.0 Å². The number of primary amides is 1. The minimum atomic E-state index is -2.69. The number of rotatable bonds is 5. The van der Waals surface area contributed by atoms with Gasteiger partial charge in [-0.15, -0.1) is 0 Å². The topological polar surface area (TPSA) is 220 Å². The Bertz CT molecular complexity index is 1790. The molecule has 4 aliphatic rings. The van der Waals surface area contributed by atoms with E-state index in [0.717, 1.165) is 43.6 Å². The first-order chi connectivity index (χ1) is 21.2. The van der Waals surface area contributed by atoms with Crippen molar-refractivity contribution in [2.75, 3.05) is 27.2 Å². The lowest BCUT2D eigenvalue weighted by Crippen LogP contribution is -2.80. The highest BCUT2D eigenvalue weighted by atomic mass is 16.3. The molecule has 2 aromatic rings. The van der Waals surface area contributed by atoms with Crippen molar-refractivity contribution < 1.29 is 29.7 Å². The van der Waals surface area contributed by atoms with Crippen LogP contribution in [-0.2, 0) is 27.3 Å². The highest BCUT2D eigenvalue weighted by Crippen LogP contribution is 2.58. The molecule has 4 atom stereocenters. The summed E-state index contributed by atoms with van der Waals surface area (Å²) < 4.78 is 0. The Morgan fingerprint density at radius 3 is 2.42 bits per heavy atom. The third-order valence-electron chi connectivity index (χ3n) is 9.98. The second-order valence-corrected chi connectivity index (χ2v) is 13.0. The quantitative estimate of drug-likeness (QED) is 0.263. The van der Waals surface area contributed by atoms with Gasteiger partial charge in [-0.3, -0.25) is 24.2 Å². The maximum atomic E-state index is 14.5. The van der Waals surface area contributed by atoms with Crippen LogP contribution in [0.3, 0.4) is 0 Å². The average Bonchev–Trinajstić information content (AvgIpc) is 3.45. The van der Waals surface area contributed by atoms with Crippen LogP contribution in [0.5, 0.6) is 5.75 Å². The standard InChI is InChI=1S/C33H36N6O6/c1-38(2)27-26(42)23(30(35)45)28(43)32(16-34)29(44)24-25(41)22-20(13-31(24,36)15-33(27,32)37)19(8-9-21(22)40)18-7-5-6-17(12-18)14-39-10-3-4-11-39/h5-9,12,27,40-41,43H,3-4,10-11,13-15,36-37H2,1-2H3,(H2,35,45)/t27-,31-,32+,33-/m1/s1. The molecule has 2 fully saturated rings. The summed E-state index contributed by atoms with van der Waals surface area (Å²) in [4.78, 5) is 44.3. The highest BCUT2D eigenvalue weighted by molar-refractivity contribution is 6.25. The average molecular weight is 613 g/mol. The number of amides is 1. The molecule has 9 N–H and O–H groups in total. The largest absolute Gasteiger partial charge is 0.509 e. The molecule has 1 aliphatic heterocycles. The van der Waals surface area contributed by atoms with E-state index in [2.05, 4.69) is 4.90 Å². The summed E-state index contributed by atoms with van der Waals surface area (Å²) in [7, 11) is 2.97. The van der Waals surface area contributed by atoms with Crippen molar-refractivity contribution in [2.24, 2.45) is 22.6 Å². The number of likely N-dealkylation sites (N-methyl/N-ethyl adjacent to an activating group) is 1. The minimum absolute atomic E-state index is 0.0332. The fourth-order valence-corrected chi connectivity index (χ4v) is 8.14. The molecule has 0 unspecified atom stereocenters. The molecular weight excluding hydrogens is 576 g/mol. The van der Waals surface area contributed by atoms with Crippen LogP contribution < -0.4 is 17.2 Å². The zero-order valence-corrected chi connectivity index (χ0v) is 25.1. The number of aliphatic hydroxyl groups is 2. The number of fused-ring (bicyclic) bond motifs is 3. The normalized spacial score (nSPS) is 29.8. The van der Waals surface area contributed by atoms with E-state index in [-0.39, 0.29) is 17.7 Å². The van der Waals surface area contributed by atoms with Crippen LogP contribution in [0.4, 0.5) is 0 Å². The third-order valence-corrected chi connectivity index (χ3v) is 9.98. The number of ketones is 2. The number of hydrogen-bond acceptors (Lipinski definition) is 11. The number of likely N-dealkylation sites (tertiary alicyclic amines) is 1. The number of Topliss-reactive ketones (excluding diaryl/α,β-unsaturated/α-hetero) is 2. The smallest absolute Gasteiger partial charge is 0.255 e. The Hall–Kier alpha value is -4.54. The number of nitrogens with zero attached hydrogens (tertiary/aromatic N) is 3. The zero-order valence-electron chi connectivity index (χ0n) is 25.1. The summed E-state index contributed by atoms with van der Waals surface area (Å²) in [5.41, 5.74) is 14.5. The van der Waals surface area contributed by atoms with E-state index >= 15 is 0 Å². The maximum absolute atomic E-state index is 14.5. The van der Waals surface area contributed by atoms with Gasteiger partial charge in [0.15, 0.2) is 17.0 Å². The number of phenolic OH excluding ortho intramolecular Hbond substituents is 1. The first-order valence-electron chi connectivity index (χ1n) is 14.8. The van der Waals surface area contributed by atoms with Gasteiger partial charge in [0.05, 0.1) is 34.3 Å². The van der Waals surface area contributed by atoms with E-state index in [0.29, 0.717) is 11.1 Å². The van der Waals surface area contributed by atoms with E-state index in [1.807, 2.05) is 24.3 Å². The van der Waals surface area contributed by atoms with Crippen LogP contribution in [0.1, 0.15) is 36.0 Å². The van der Waals surface area contributed by atoms with Crippen LogP contribution in [0, 0.1) is 16.7 Å². The molecule has 3 aliphatic carbocycles. The molecule has 6 rings (SSSR count). The van der Waals surface area contributed by atoms with Crippen LogP contribution >= 0.6 is 0 Å². The minimum Gasteiger partial charge on any atom is -0.509 e. The van der Waals surface area contributed by atoms with Crippen LogP contribution in [0.2, 0.25) is 0 Å². The highest BCUT2D eigenvalue weighted by Gasteiger charge is 2.74. The lowest BCUT2D eigenvalue weighted by atomic mass is 9.47. The molecule has 12 nitrogen and oxygen atoms in total. The number of nitriles is 1. The fraction of sp³-hybridized carbons (Fsp3) is 0.394. The first-order valence-corrected chi connectivity index (χ1v) is 14.8. The number of aliphatic hydroxyl groups excluding tert-OH is 2. The predicted molar refractivity (Wildman–Crippen MR) is 164 cm³/mol. The fourth-order valence-electron chi connectivity index (χ4n) is 8.14. The monoisotopic (exact) mass is 612 g/mol. The number of carbonyl (C=O) groups excluding carboxylic acids is 3. The van der Waals surface area contributed by atoms with Gasteiger partial charge < -0.3 is 32.5 Å². The molecule has 2 aromatic carbocycles. The van der Waals surface area contributed by atoms with Crippen molar-refractivity contribution in [1.29, 1.82) is 5.26 Å². The molecule has 1 saturated carbocycles. The molecular formula is C33H36N6O6. The molecule has 0 bridgehead atoms. The Balaban J connectivity index is 1.57. The molecule has 0 spiro atoms. The summed E-state index contributed by atoms with van der Waals surface area (Å²) in [6.45, 7) is 2.82. The number of carbonyl (C=O) groups is 3. The predicted octanol–water partition coefficient (Wildman–Crippen LogP) is 1.17. The van der Waals surface area contributed by atoms with E-state index in [9.17, 15) is 35.0 Å². The van der Waals surface area contributed by atoms with E-state index in [1.54, 1.807) is 12.1 Å². The van der Waals surface area contributed by atoms with Crippen molar-refractivity contribution in [3.8, 4) is 22.9 Å². The molecule has 234 valence electrons. The van der Waals surface area contributed by atoms with E-state index in [1.165, 1.54) is 25.1 Å². The molecule has 1 heterocycles. The van der Waals surface area contributed by atoms with Gasteiger partial charge in [0.2, 0.25) is 0 Å². The van der Waals surface area contributed by atoms with Gasteiger partial charge in [0.25, 0.3) is 5.91 Å². The van der Waals surface area contributed by atoms with Gasteiger partial charge in [-0.2, -0.15) is 5.26 Å². The lowest BCUT2D eigenvalue weighted by Gasteiger charge is -2.58. The van der Waals surface area contributed by atoms with Gasteiger partial charge in [-0.1, -0.05) is 24.3 Å². The van der Waals surface area contributed by atoms with E-state index in [4.69, 9.17) is 17.2 Å². The molecule has 0 radical (unpaired) electrons. The van der Waals surface area contributed by atoms with Gasteiger partial charge in [0.1, 0.15) is 22.8 Å². The van der Waals surface area contributed by atoms with Crippen LogP contribution in [0.15, 0.2) is 53.3 Å². The summed E-state index contributed by atoms with van der Waals surface area (Å²) >= 11 is 0. The number of nitrogens with two attached hydrogens (primary N) is 3. The van der Waals surface area contributed by atoms with Crippen molar-refractivity contribution in [1.82, 2.24) is 9.80 Å². The first kappa shape index (κ1) is 30.5. The second-order valence-electron chi connectivity index (χ2n) is 13.0. The zero-order chi connectivity index (χ0) is 32.6. The second kappa shape index (κ2) is 10.3. The van der Waals surface area contributed by atoms with E-state index < -0.39 is 69.1 Å². The molecule has 45 heavy (non-hydrogen) atoms.